The third-order valence-electron chi connectivity index (χ3n) is 2.55. The monoisotopic (exact) mass is 221 g/mol. The van der Waals surface area contributed by atoms with E-state index < -0.39 is 0 Å². The van der Waals surface area contributed by atoms with Gasteiger partial charge in [-0.15, -0.1) is 12.7 Å². The van der Waals surface area contributed by atoms with Crippen LogP contribution in [0, 0.1) is 0 Å². The molecule has 0 N–H and O–H groups in total. The SMILES string of the molecule is CC(C)=CCC/C(C)=C/CC/C(C)=C/C[O-]. The van der Waals surface area contributed by atoms with Crippen molar-refractivity contribution in [3.05, 3.63) is 34.9 Å². The van der Waals surface area contributed by atoms with Crippen LogP contribution < -0.4 is 5.11 Å². The van der Waals surface area contributed by atoms with E-state index in [9.17, 15) is 5.11 Å². The van der Waals surface area contributed by atoms with E-state index in [1.807, 2.05) is 6.92 Å². The van der Waals surface area contributed by atoms with Crippen LogP contribution in [0.3, 0.4) is 0 Å². The van der Waals surface area contributed by atoms with Gasteiger partial charge in [0, 0.05) is 0 Å². The number of hydrogen-bond donors (Lipinski definition) is 0. The van der Waals surface area contributed by atoms with Crippen molar-refractivity contribution < 1.29 is 5.11 Å². The van der Waals surface area contributed by atoms with Crippen molar-refractivity contribution >= 4 is 0 Å². The molecule has 16 heavy (non-hydrogen) atoms. The summed E-state index contributed by atoms with van der Waals surface area (Å²) in [5.41, 5.74) is 4.05. The molecule has 0 saturated carbocycles. The molecule has 0 aromatic carbocycles. The molecule has 0 aliphatic rings. The van der Waals surface area contributed by atoms with Crippen molar-refractivity contribution in [1.29, 1.82) is 0 Å². The Morgan fingerprint density at radius 3 is 1.81 bits per heavy atom. The maximum atomic E-state index is 10.3. The second-order valence-corrected chi connectivity index (χ2v) is 4.63. The van der Waals surface area contributed by atoms with Gasteiger partial charge in [-0.2, -0.15) is 0 Å². The molecule has 0 aromatic rings. The molecule has 0 saturated heterocycles. The highest BCUT2D eigenvalue weighted by Gasteiger charge is 1.90. The molecular weight excluding hydrogens is 196 g/mol. The lowest BCUT2D eigenvalue weighted by Crippen LogP contribution is -2.01. The Morgan fingerprint density at radius 2 is 1.31 bits per heavy atom. The lowest BCUT2D eigenvalue weighted by atomic mass is 10.1. The van der Waals surface area contributed by atoms with Crippen LogP contribution >= 0.6 is 0 Å². The lowest BCUT2D eigenvalue weighted by Gasteiger charge is -2.02. The third-order valence-corrected chi connectivity index (χ3v) is 2.55. The van der Waals surface area contributed by atoms with Gasteiger partial charge < -0.3 is 5.11 Å². The summed E-state index contributed by atoms with van der Waals surface area (Å²) < 4.78 is 0. The van der Waals surface area contributed by atoms with Crippen LogP contribution in [-0.4, -0.2) is 6.61 Å². The van der Waals surface area contributed by atoms with E-state index in [-0.39, 0.29) is 6.61 Å². The van der Waals surface area contributed by atoms with Crippen molar-refractivity contribution in [2.24, 2.45) is 0 Å². The Kier molecular flexibility index (Phi) is 8.93. The lowest BCUT2D eigenvalue weighted by molar-refractivity contribution is -0.352. The van der Waals surface area contributed by atoms with Gasteiger partial charge in [-0.05, 0) is 53.4 Å². The predicted molar refractivity (Wildman–Crippen MR) is 70.3 cm³/mol. The summed E-state index contributed by atoms with van der Waals surface area (Å²) in [6, 6.07) is 0. The van der Waals surface area contributed by atoms with Gasteiger partial charge in [0.2, 0.25) is 0 Å². The van der Waals surface area contributed by atoms with Crippen LogP contribution in [-0.2, 0) is 0 Å². The molecule has 1 nitrogen and oxygen atoms in total. The second-order valence-electron chi connectivity index (χ2n) is 4.63. The maximum Gasteiger partial charge on any atom is -0.0288 e. The fourth-order valence-electron chi connectivity index (χ4n) is 1.48. The second kappa shape index (κ2) is 9.41. The van der Waals surface area contributed by atoms with Crippen molar-refractivity contribution in [2.75, 3.05) is 6.61 Å². The van der Waals surface area contributed by atoms with E-state index in [4.69, 9.17) is 0 Å². The molecule has 0 heterocycles. The van der Waals surface area contributed by atoms with Gasteiger partial charge in [0.1, 0.15) is 0 Å². The minimum Gasteiger partial charge on any atom is -0.851 e. The van der Waals surface area contributed by atoms with Crippen LogP contribution in [0.4, 0.5) is 0 Å². The Hall–Kier alpha value is -0.820. The molecule has 0 rings (SSSR count). The molecule has 92 valence electrons. The minimum absolute atomic E-state index is 0.0882. The third kappa shape index (κ3) is 9.72. The normalized spacial score (nSPS) is 12.8. The highest BCUT2D eigenvalue weighted by Crippen LogP contribution is 2.10. The molecule has 0 atom stereocenters. The van der Waals surface area contributed by atoms with Crippen LogP contribution in [0.25, 0.3) is 0 Å². The average molecular weight is 221 g/mol. The van der Waals surface area contributed by atoms with E-state index in [1.165, 1.54) is 16.7 Å². The first-order valence-electron chi connectivity index (χ1n) is 6.09. The highest BCUT2D eigenvalue weighted by atomic mass is 16.2. The van der Waals surface area contributed by atoms with Crippen molar-refractivity contribution in [1.82, 2.24) is 0 Å². The summed E-state index contributed by atoms with van der Waals surface area (Å²) in [6.07, 6.45) is 10.7. The average Bonchev–Trinajstić information content (AvgIpc) is 2.17. The molecule has 0 aliphatic heterocycles. The van der Waals surface area contributed by atoms with E-state index in [1.54, 1.807) is 6.08 Å². The molecule has 0 fully saturated rings. The molecule has 0 radical (unpaired) electrons. The topological polar surface area (TPSA) is 23.1 Å². The van der Waals surface area contributed by atoms with Crippen molar-refractivity contribution in [2.45, 2.75) is 53.4 Å². The number of hydrogen-bond acceptors (Lipinski definition) is 1. The zero-order chi connectivity index (χ0) is 12.4. The first-order chi connectivity index (χ1) is 7.56. The van der Waals surface area contributed by atoms with Gasteiger partial charge in [0.15, 0.2) is 0 Å². The Labute approximate surface area is 101 Å². The minimum atomic E-state index is -0.0882. The van der Waals surface area contributed by atoms with Gasteiger partial charge >= 0.3 is 0 Å². The van der Waals surface area contributed by atoms with E-state index in [2.05, 4.69) is 32.9 Å². The summed E-state index contributed by atoms with van der Waals surface area (Å²) in [7, 11) is 0. The smallest absolute Gasteiger partial charge is 0.0288 e. The zero-order valence-corrected chi connectivity index (χ0v) is 11.2. The summed E-state index contributed by atoms with van der Waals surface area (Å²) >= 11 is 0. The first-order valence-corrected chi connectivity index (χ1v) is 6.09. The van der Waals surface area contributed by atoms with Crippen molar-refractivity contribution in [3.63, 3.8) is 0 Å². The van der Waals surface area contributed by atoms with Gasteiger partial charge in [-0.1, -0.05) is 28.9 Å². The molecule has 0 amide bonds. The molecule has 1 heteroatoms. The molecule has 0 aromatic heterocycles. The van der Waals surface area contributed by atoms with Crippen molar-refractivity contribution in [3.8, 4) is 0 Å². The largest absolute Gasteiger partial charge is 0.851 e. The quantitative estimate of drug-likeness (QED) is 0.600. The highest BCUT2D eigenvalue weighted by molar-refractivity contribution is 5.05. The van der Waals surface area contributed by atoms with Gasteiger partial charge in [-0.25, -0.2) is 0 Å². The Morgan fingerprint density at radius 1 is 0.812 bits per heavy atom. The number of allylic oxidation sites excluding steroid dienone is 5. The van der Waals surface area contributed by atoms with Crippen LogP contribution in [0.15, 0.2) is 34.9 Å². The standard InChI is InChI=1S/C15H25O/c1-13(2)7-5-8-14(3)9-6-10-15(4)11-12-16/h7,9,11H,5-6,8,10,12H2,1-4H3/q-1/b14-9+,15-11+. The van der Waals surface area contributed by atoms with Gasteiger partial charge in [0.25, 0.3) is 0 Å². The van der Waals surface area contributed by atoms with E-state index in [0.717, 1.165) is 25.7 Å². The van der Waals surface area contributed by atoms with Gasteiger partial charge in [0.05, 0.1) is 0 Å². The fourth-order valence-corrected chi connectivity index (χ4v) is 1.48. The van der Waals surface area contributed by atoms with E-state index >= 15 is 0 Å². The Balaban J connectivity index is 3.79. The first kappa shape index (κ1) is 15.2. The van der Waals surface area contributed by atoms with Gasteiger partial charge in [-0.3, -0.25) is 0 Å². The Bertz CT molecular complexity index is 265. The maximum absolute atomic E-state index is 10.3. The summed E-state index contributed by atoms with van der Waals surface area (Å²) in [6.45, 7) is 8.40. The summed E-state index contributed by atoms with van der Waals surface area (Å²) in [4.78, 5) is 0. The molecule has 0 aliphatic carbocycles. The fraction of sp³-hybridized carbons (Fsp3) is 0.600. The van der Waals surface area contributed by atoms with Crippen LogP contribution in [0.1, 0.15) is 53.4 Å². The molecule has 0 unspecified atom stereocenters. The predicted octanol–water partition coefficient (Wildman–Crippen LogP) is 3.77. The summed E-state index contributed by atoms with van der Waals surface area (Å²) in [5.74, 6) is 0. The molecule has 0 spiro atoms. The molecular formula is C15H25O-. The summed E-state index contributed by atoms with van der Waals surface area (Å²) in [5, 5.41) is 10.3. The van der Waals surface area contributed by atoms with Crippen LogP contribution in [0.5, 0.6) is 0 Å². The number of rotatable bonds is 7. The van der Waals surface area contributed by atoms with E-state index in [0.29, 0.717) is 0 Å². The molecule has 0 bridgehead atoms. The zero-order valence-electron chi connectivity index (χ0n) is 11.2. The van der Waals surface area contributed by atoms with Crippen LogP contribution in [0.2, 0.25) is 0 Å².